The Morgan fingerprint density at radius 3 is 2.79 bits per heavy atom. The van der Waals surface area contributed by atoms with E-state index in [-0.39, 0.29) is 0 Å². The van der Waals surface area contributed by atoms with Crippen molar-refractivity contribution in [2.45, 2.75) is 26.7 Å². The molecule has 0 spiro atoms. The van der Waals surface area contributed by atoms with Crippen LogP contribution in [-0.4, -0.2) is 17.3 Å². The van der Waals surface area contributed by atoms with Gasteiger partial charge in [0.05, 0.1) is 29.3 Å². The van der Waals surface area contributed by atoms with Crippen molar-refractivity contribution < 1.29 is 13.7 Å². The third-order valence-corrected chi connectivity index (χ3v) is 4.22. The first-order valence-corrected chi connectivity index (χ1v) is 7.83. The van der Waals surface area contributed by atoms with Crippen molar-refractivity contribution in [1.82, 2.24) is 10.1 Å². The van der Waals surface area contributed by atoms with Gasteiger partial charge in [-0.2, -0.15) is 0 Å². The quantitative estimate of drug-likeness (QED) is 0.422. The molecular weight excluding hydrogens is 308 g/mol. The number of aryl methyl sites for hydroxylation is 2. The first kappa shape index (κ1) is 14.7. The summed E-state index contributed by atoms with van der Waals surface area (Å²) in [6.45, 7) is 3.88. The van der Waals surface area contributed by atoms with Gasteiger partial charge in [0.25, 0.3) is 5.71 Å². The number of rotatable bonds is 3. The van der Waals surface area contributed by atoms with E-state index >= 15 is 0 Å². The summed E-state index contributed by atoms with van der Waals surface area (Å²) in [5.41, 5.74) is 1.91. The van der Waals surface area contributed by atoms with Crippen LogP contribution in [0.25, 0.3) is 32.8 Å². The average Bonchev–Trinajstić information content (AvgIpc) is 2.95. The van der Waals surface area contributed by atoms with Gasteiger partial charge in [-0.05, 0) is 25.5 Å². The number of pyridine rings is 1. The normalized spacial score (nSPS) is 11.6. The fraction of sp³-hybridized carbons (Fsp3) is 0.278. The molecule has 1 aromatic carbocycles. The minimum Gasteiger partial charge on any atom is -0.497 e. The molecule has 0 fully saturated rings. The molecule has 4 aromatic rings. The molecule has 0 saturated carbocycles. The second-order valence-corrected chi connectivity index (χ2v) is 5.76. The van der Waals surface area contributed by atoms with Crippen molar-refractivity contribution in [3.8, 4) is 5.75 Å². The molecule has 0 bridgehead atoms. The van der Waals surface area contributed by atoms with Crippen LogP contribution in [0.5, 0.6) is 5.75 Å². The summed E-state index contributed by atoms with van der Waals surface area (Å²) in [6, 6.07) is 5.45. The van der Waals surface area contributed by atoms with Gasteiger partial charge < -0.3 is 13.7 Å². The molecule has 3 heterocycles. The number of benzene rings is 1. The summed E-state index contributed by atoms with van der Waals surface area (Å²) in [7, 11) is 1.58. The highest BCUT2D eigenvalue weighted by Gasteiger charge is 2.20. The lowest BCUT2D eigenvalue weighted by Crippen LogP contribution is -2.06. The molecule has 6 nitrogen and oxygen atoms in total. The van der Waals surface area contributed by atoms with Gasteiger partial charge in [-0.15, -0.1) is 0 Å². The van der Waals surface area contributed by atoms with Crippen LogP contribution in [0.15, 0.2) is 31.9 Å². The summed E-state index contributed by atoms with van der Waals surface area (Å²) in [5, 5.41) is 6.90. The zero-order valence-electron chi connectivity index (χ0n) is 13.7. The molecule has 4 rings (SSSR count). The zero-order chi connectivity index (χ0) is 16.8. The molecule has 0 saturated heterocycles. The fourth-order valence-electron chi connectivity index (χ4n) is 3.15. The molecule has 0 aliphatic heterocycles. The fourth-order valence-corrected chi connectivity index (χ4v) is 3.15. The largest absolute Gasteiger partial charge is 0.497 e. The Morgan fingerprint density at radius 1 is 1.21 bits per heavy atom. The van der Waals surface area contributed by atoms with Gasteiger partial charge >= 0.3 is 5.63 Å². The van der Waals surface area contributed by atoms with Crippen molar-refractivity contribution in [1.29, 1.82) is 0 Å². The van der Waals surface area contributed by atoms with Crippen LogP contribution in [0.3, 0.4) is 0 Å². The van der Waals surface area contributed by atoms with Crippen LogP contribution < -0.4 is 10.4 Å². The van der Waals surface area contributed by atoms with E-state index < -0.39 is 5.63 Å². The van der Waals surface area contributed by atoms with Crippen LogP contribution in [0.1, 0.15) is 24.7 Å². The Bertz CT molecular complexity index is 1140. The Labute approximate surface area is 137 Å². The summed E-state index contributed by atoms with van der Waals surface area (Å²) >= 11 is 0. The van der Waals surface area contributed by atoms with Gasteiger partial charge in [-0.3, -0.25) is 0 Å². The van der Waals surface area contributed by atoms with Crippen LogP contribution in [0, 0.1) is 6.92 Å². The van der Waals surface area contributed by atoms with Crippen LogP contribution in [0.2, 0.25) is 0 Å². The number of hydrogen-bond acceptors (Lipinski definition) is 6. The van der Waals surface area contributed by atoms with E-state index in [1.807, 2.05) is 26.0 Å². The van der Waals surface area contributed by atoms with Crippen molar-refractivity contribution in [3.05, 3.63) is 40.0 Å². The third kappa shape index (κ3) is 1.99. The predicted molar refractivity (Wildman–Crippen MR) is 90.6 cm³/mol. The number of ether oxygens (including phenoxy) is 1. The molecule has 0 aliphatic carbocycles. The van der Waals surface area contributed by atoms with Crippen molar-refractivity contribution >= 4 is 32.8 Å². The van der Waals surface area contributed by atoms with Crippen molar-refractivity contribution in [2.75, 3.05) is 7.11 Å². The molecule has 0 radical (unpaired) electrons. The summed E-state index contributed by atoms with van der Waals surface area (Å²) in [5.74, 6) is 0.631. The Morgan fingerprint density at radius 2 is 2.04 bits per heavy atom. The van der Waals surface area contributed by atoms with E-state index in [9.17, 15) is 4.79 Å². The molecule has 0 amide bonds. The van der Waals surface area contributed by atoms with Gasteiger partial charge in [-0.25, -0.2) is 9.78 Å². The van der Waals surface area contributed by atoms with Crippen LogP contribution in [0.4, 0.5) is 0 Å². The van der Waals surface area contributed by atoms with Crippen LogP contribution >= 0.6 is 0 Å². The van der Waals surface area contributed by atoms with E-state index in [1.165, 1.54) is 0 Å². The maximum absolute atomic E-state index is 12.7. The second kappa shape index (κ2) is 5.33. The highest BCUT2D eigenvalue weighted by molar-refractivity contribution is 6.18. The lowest BCUT2D eigenvalue weighted by Gasteiger charge is -2.08. The topological polar surface area (TPSA) is 78.4 Å². The smallest absolute Gasteiger partial charge is 0.346 e. The van der Waals surface area contributed by atoms with Crippen LogP contribution in [-0.2, 0) is 6.42 Å². The number of aromatic nitrogens is 2. The molecule has 3 aromatic heterocycles. The molecule has 0 atom stereocenters. The van der Waals surface area contributed by atoms with E-state index in [1.54, 1.807) is 13.2 Å². The number of fused-ring (bicyclic) bond motifs is 5. The molecule has 24 heavy (non-hydrogen) atoms. The van der Waals surface area contributed by atoms with Gasteiger partial charge in [0, 0.05) is 16.8 Å². The van der Waals surface area contributed by atoms with Crippen molar-refractivity contribution in [2.24, 2.45) is 0 Å². The van der Waals surface area contributed by atoms with E-state index in [4.69, 9.17) is 13.7 Å². The predicted octanol–water partition coefficient (Wildman–Crippen LogP) is 3.75. The lowest BCUT2D eigenvalue weighted by atomic mass is 10.0. The Hall–Kier alpha value is -2.89. The number of hydrogen-bond donors (Lipinski definition) is 0. The lowest BCUT2D eigenvalue weighted by molar-refractivity contribution is 0.414. The minimum atomic E-state index is -0.399. The maximum atomic E-state index is 12.7. The third-order valence-electron chi connectivity index (χ3n) is 4.22. The highest BCUT2D eigenvalue weighted by atomic mass is 16.5. The average molecular weight is 324 g/mol. The first-order valence-electron chi connectivity index (χ1n) is 7.83. The summed E-state index contributed by atoms with van der Waals surface area (Å²) in [4.78, 5) is 17.2. The van der Waals surface area contributed by atoms with Gasteiger partial charge in [0.15, 0.2) is 0 Å². The number of methoxy groups -OCH3 is 1. The van der Waals surface area contributed by atoms with E-state index in [2.05, 4.69) is 10.1 Å². The summed E-state index contributed by atoms with van der Waals surface area (Å²) < 4.78 is 16.1. The second-order valence-electron chi connectivity index (χ2n) is 5.76. The molecule has 0 aliphatic rings. The molecular formula is C18H16N2O4. The SMILES string of the molecule is CCCc1nc2onc(C)c2c2c1c(=O)oc1cc(OC)ccc12. The van der Waals surface area contributed by atoms with Gasteiger partial charge in [0.1, 0.15) is 11.3 Å². The molecule has 0 unspecified atom stereocenters. The monoisotopic (exact) mass is 324 g/mol. The number of nitrogens with zero attached hydrogens (tertiary/aromatic N) is 2. The van der Waals surface area contributed by atoms with Gasteiger partial charge in [0.2, 0.25) is 0 Å². The molecule has 122 valence electrons. The van der Waals surface area contributed by atoms with E-state index in [0.717, 1.165) is 22.6 Å². The first-order chi connectivity index (χ1) is 11.6. The standard InChI is InChI=1S/C18H16N2O4/c1-4-5-12-16-15(14-9(2)20-24-17(14)19-12)11-7-6-10(22-3)8-13(11)23-18(16)21/h6-8H,4-5H2,1-3H3. The maximum Gasteiger partial charge on any atom is 0.346 e. The summed E-state index contributed by atoms with van der Waals surface area (Å²) in [6.07, 6.45) is 1.53. The highest BCUT2D eigenvalue weighted by Crippen LogP contribution is 2.34. The van der Waals surface area contributed by atoms with Crippen molar-refractivity contribution in [3.63, 3.8) is 0 Å². The Balaban J connectivity index is 2.30. The van der Waals surface area contributed by atoms with E-state index in [0.29, 0.717) is 40.2 Å². The molecule has 0 N–H and O–H groups in total. The van der Waals surface area contributed by atoms with Gasteiger partial charge in [-0.1, -0.05) is 18.5 Å². The molecule has 6 heteroatoms. The minimum absolute atomic E-state index is 0.399. The Kier molecular flexibility index (Phi) is 3.26. The zero-order valence-corrected chi connectivity index (χ0v) is 13.7.